The van der Waals surface area contributed by atoms with Gasteiger partial charge in [0.1, 0.15) is 6.04 Å². The minimum atomic E-state index is -0.722. The number of pyridine rings is 1. The van der Waals surface area contributed by atoms with E-state index in [2.05, 4.69) is 15.6 Å². The van der Waals surface area contributed by atoms with Crippen LogP contribution in [0.5, 0.6) is 0 Å². The van der Waals surface area contributed by atoms with Gasteiger partial charge >= 0.3 is 6.03 Å². The van der Waals surface area contributed by atoms with E-state index in [1.54, 1.807) is 6.20 Å². The molecule has 1 heterocycles. The molecule has 2 rings (SSSR count). The summed E-state index contributed by atoms with van der Waals surface area (Å²) in [6.45, 7) is 3.66. The molecule has 1 atom stereocenters. The monoisotopic (exact) mass is 286 g/mol. The molecular formula is C15H18N4O2. The molecule has 0 fully saturated rings. The summed E-state index contributed by atoms with van der Waals surface area (Å²) in [5.41, 5.74) is 6.53. The fourth-order valence-electron chi connectivity index (χ4n) is 2.05. The number of carbonyl (C=O) groups excluding carboxylic acids is 2. The molecule has 0 unspecified atom stereocenters. The molecule has 21 heavy (non-hydrogen) atoms. The quantitative estimate of drug-likeness (QED) is 0.800. The molecule has 0 aliphatic carbocycles. The second-order valence-electron chi connectivity index (χ2n) is 5.14. The van der Waals surface area contributed by atoms with Gasteiger partial charge in [-0.25, -0.2) is 4.79 Å². The number of amides is 3. The summed E-state index contributed by atoms with van der Waals surface area (Å²) in [6, 6.07) is 8.04. The number of primary amides is 1. The van der Waals surface area contributed by atoms with Crippen LogP contribution in [0.4, 0.5) is 10.5 Å². The van der Waals surface area contributed by atoms with Crippen molar-refractivity contribution in [3.05, 3.63) is 36.5 Å². The zero-order valence-corrected chi connectivity index (χ0v) is 12.0. The van der Waals surface area contributed by atoms with Crippen molar-refractivity contribution >= 4 is 28.5 Å². The van der Waals surface area contributed by atoms with Crippen molar-refractivity contribution in [1.82, 2.24) is 10.3 Å². The van der Waals surface area contributed by atoms with E-state index in [0.29, 0.717) is 5.69 Å². The average Bonchev–Trinajstić information content (AvgIpc) is 2.44. The van der Waals surface area contributed by atoms with Crippen molar-refractivity contribution in [2.45, 2.75) is 19.9 Å². The highest BCUT2D eigenvalue weighted by molar-refractivity contribution is 5.98. The Kier molecular flexibility index (Phi) is 4.37. The minimum Gasteiger partial charge on any atom is -0.352 e. The summed E-state index contributed by atoms with van der Waals surface area (Å²) in [7, 11) is 0. The SMILES string of the molecule is CC(C)[C@@H](NC(N)=O)C(=O)Nc1cnc2ccccc2c1. The van der Waals surface area contributed by atoms with Gasteiger partial charge in [0.05, 0.1) is 17.4 Å². The molecule has 0 aliphatic heterocycles. The largest absolute Gasteiger partial charge is 0.352 e. The van der Waals surface area contributed by atoms with E-state index >= 15 is 0 Å². The summed E-state index contributed by atoms with van der Waals surface area (Å²) < 4.78 is 0. The lowest BCUT2D eigenvalue weighted by atomic mass is 10.0. The molecule has 1 aromatic heterocycles. The molecule has 110 valence electrons. The number of nitrogens with one attached hydrogen (secondary N) is 2. The number of aromatic nitrogens is 1. The Labute approximate surface area is 122 Å². The predicted molar refractivity (Wildman–Crippen MR) is 81.7 cm³/mol. The highest BCUT2D eigenvalue weighted by atomic mass is 16.2. The Bertz CT molecular complexity index is 670. The Morgan fingerprint density at radius 3 is 2.62 bits per heavy atom. The average molecular weight is 286 g/mol. The predicted octanol–water partition coefficient (Wildman–Crippen LogP) is 1.87. The van der Waals surface area contributed by atoms with Crippen LogP contribution in [-0.4, -0.2) is 23.0 Å². The van der Waals surface area contributed by atoms with Crippen LogP contribution in [0, 0.1) is 5.92 Å². The molecule has 2 aromatic rings. The van der Waals surface area contributed by atoms with Gasteiger partial charge in [-0.3, -0.25) is 9.78 Å². The zero-order chi connectivity index (χ0) is 15.4. The molecule has 0 saturated heterocycles. The Hall–Kier alpha value is -2.63. The van der Waals surface area contributed by atoms with Gasteiger partial charge in [0.15, 0.2) is 0 Å². The topological polar surface area (TPSA) is 97.1 Å². The van der Waals surface area contributed by atoms with Crippen molar-refractivity contribution in [3.8, 4) is 0 Å². The van der Waals surface area contributed by atoms with Crippen LogP contribution in [0.1, 0.15) is 13.8 Å². The minimum absolute atomic E-state index is 0.0779. The van der Waals surface area contributed by atoms with Crippen LogP contribution < -0.4 is 16.4 Å². The molecule has 3 amide bonds. The lowest BCUT2D eigenvalue weighted by Crippen LogP contribution is -2.49. The summed E-state index contributed by atoms with van der Waals surface area (Å²) in [4.78, 5) is 27.5. The molecule has 0 aliphatic rings. The lowest BCUT2D eigenvalue weighted by molar-refractivity contribution is -0.118. The third kappa shape index (κ3) is 3.68. The van der Waals surface area contributed by atoms with Gasteiger partial charge in [-0.2, -0.15) is 0 Å². The third-order valence-electron chi connectivity index (χ3n) is 3.10. The number of benzene rings is 1. The van der Waals surface area contributed by atoms with Crippen molar-refractivity contribution in [2.24, 2.45) is 11.7 Å². The molecule has 0 saturated carbocycles. The number of para-hydroxylation sites is 1. The van der Waals surface area contributed by atoms with E-state index in [0.717, 1.165) is 10.9 Å². The van der Waals surface area contributed by atoms with Crippen molar-refractivity contribution in [2.75, 3.05) is 5.32 Å². The third-order valence-corrected chi connectivity index (χ3v) is 3.10. The van der Waals surface area contributed by atoms with Crippen LogP contribution in [-0.2, 0) is 4.79 Å². The first kappa shape index (κ1) is 14.8. The number of carbonyl (C=O) groups is 2. The highest BCUT2D eigenvalue weighted by Crippen LogP contribution is 2.16. The molecule has 0 spiro atoms. The van der Waals surface area contributed by atoms with E-state index in [4.69, 9.17) is 5.73 Å². The van der Waals surface area contributed by atoms with Crippen molar-refractivity contribution < 1.29 is 9.59 Å². The first-order chi connectivity index (χ1) is 9.97. The molecule has 0 radical (unpaired) electrons. The van der Waals surface area contributed by atoms with Gasteiger partial charge in [-0.05, 0) is 18.1 Å². The number of rotatable bonds is 4. The first-order valence-electron chi connectivity index (χ1n) is 6.69. The number of fused-ring (bicyclic) bond motifs is 1. The Morgan fingerprint density at radius 2 is 1.95 bits per heavy atom. The second-order valence-corrected chi connectivity index (χ2v) is 5.14. The van der Waals surface area contributed by atoms with Gasteiger partial charge < -0.3 is 16.4 Å². The van der Waals surface area contributed by atoms with Crippen LogP contribution in [0.3, 0.4) is 0 Å². The summed E-state index contributed by atoms with van der Waals surface area (Å²) in [5, 5.41) is 6.12. The number of hydrogen-bond donors (Lipinski definition) is 3. The Balaban J connectivity index is 2.17. The summed E-state index contributed by atoms with van der Waals surface area (Å²) in [6.07, 6.45) is 1.59. The second kappa shape index (κ2) is 6.21. The van der Waals surface area contributed by atoms with Crippen LogP contribution >= 0.6 is 0 Å². The maximum atomic E-state index is 12.2. The first-order valence-corrected chi connectivity index (χ1v) is 6.69. The van der Waals surface area contributed by atoms with E-state index in [1.807, 2.05) is 44.2 Å². The van der Waals surface area contributed by atoms with Crippen LogP contribution in [0.2, 0.25) is 0 Å². The van der Waals surface area contributed by atoms with Gasteiger partial charge in [0, 0.05) is 5.39 Å². The van der Waals surface area contributed by atoms with Crippen LogP contribution in [0.25, 0.3) is 10.9 Å². The van der Waals surface area contributed by atoms with E-state index in [1.165, 1.54) is 0 Å². The molecule has 6 heteroatoms. The number of nitrogens with two attached hydrogens (primary N) is 1. The maximum absolute atomic E-state index is 12.2. The maximum Gasteiger partial charge on any atom is 0.312 e. The molecular weight excluding hydrogens is 268 g/mol. The van der Waals surface area contributed by atoms with E-state index < -0.39 is 12.1 Å². The fourth-order valence-corrected chi connectivity index (χ4v) is 2.05. The van der Waals surface area contributed by atoms with E-state index in [-0.39, 0.29) is 11.8 Å². The number of hydrogen-bond acceptors (Lipinski definition) is 3. The molecule has 1 aromatic carbocycles. The number of urea groups is 1. The highest BCUT2D eigenvalue weighted by Gasteiger charge is 2.23. The molecule has 6 nitrogen and oxygen atoms in total. The Morgan fingerprint density at radius 1 is 1.24 bits per heavy atom. The summed E-state index contributed by atoms with van der Waals surface area (Å²) >= 11 is 0. The van der Waals surface area contributed by atoms with Gasteiger partial charge in [0.25, 0.3) is 0 Å². The standard InChI is InChI=1S/C15H18N4O2/c1-9(2)13(19-15(16)21)14(20)18-11-7-10-5-3-4-6-12(10)17-8-11/h3-9,13H,1-2H3,(H,18,20)(H3,16,19,21)/t13-/m1/s1. The van der Waals surface area contributed by atoms with Crippen molar-refractivity contribution in [3.63, 3.8) is 0 Å². The lowest BCUT2D eigenvalue weighted by Gasteiger charge is -2.20. The van der Waals surface area contributed by atoms with Gasteiger partial charge in [0.2, 0.25) is 5.91 Å². The summed E-state index contributed by atoms with van der Waals surface area (Å²) in [5.74, 6) is -0.396. The van der Waals surface area contributed by atoms with Gasteiger partial charge in [-0.1, -0.05) is 32.0 Å². The number of nitrogens with zero attached hydrogens (tertiary/aromatic N) is 1. The molecule has 0 bridgehead atoms. The smallest absolute Gasteiger partial charge is 0.312 e. The van der Waals surface area contributed by atoms with Crippen LogP contribution in [0.15, 0.2) is 36.5 Å². The molecule has 4 N–H and O–H groups in total. The number of anilines is 1. The zero-order valence-electron chi connectivity index (χ0n) is 12.0. The fraction of sp³-hybridized carbons (Fsp3) is 0.267. The van der Waals surface area contributed by atoms with E-state index in [9.17, 15) is 9.59 Å². The normalized spacial score (nSPS) is 12.1. The van der Waals surface area contributed by atoms with Gasteiger partial charge in [-0.15, -0.1) is 0 Å². The van der Waals surface area contributed by atoms with Crippen molar-refractivity contribution in [1.29, 1.82) is 0 Å².